The number of aromatic nitrogens is 2. The molecule has 0 saturated carbocycles. The topological polar surface area (TPSA) is 67.4 Å². The molecule has 0 saturated heterocycles. The summed E-state index contributed by atoms with van der Waals surface area (Å²) in [5.74, 6) is 0.498. The van der Waals surface area contributed by atoms with Gasteiger partial charge in [-0.1, -0.05) is 13.8 Å². The van der Waals surface area contributed by atoms with Gasteiger partial charge in [-0.05, 0) is 25.2 Å². The molecule has 0 spiro atoms. The van der Waals surface area contributed by atoms with E-state index in [9.17, 15) is 4.79 Å². The molecular weight excluding hydrogens is 280 g/mol. The molecule has 0 unspecified atom stereocenters. The van der Waals surface area contributed by atoms with Crippen molar-refractivity contribution in [1.82, 2.24) is 20.2 Å². The van der Waals surface area contributed by atoms with Crippen molar-refractivity contribution in [2.45, 2.75) is 13.8 Å². The quantitative estimate of drug-likeness (QED) is 0.800. The van der Waals surface area contributed by atoms with Crippen molar-refractivity contribution < 1.29 is 9.53 Å². The van der Waals surface area contributed by atoms with Crippen molar-refractivity contribution in [3.8, 4) is 5.75 Å². The van der Waals surface area contributed by atoms with Crippen molar-refractivity contribution in [3.63, 3.8) is 0 Å². The zero-order valence-corrected chi connectivity index (χ0v) is 13.1. The number of fused-ring (bicyclic) bond motifs is 1. The minimum Gasteiger partial charge on any atom is -0.484 e. The van der Waals surface area contributed by atoms with E-state index in [0.717, 1.165) is 30.7 Å². The fourth-order valence-electron chi connectivity index (χ4n) is 2.13. The fraction of sp³-hybridized carbons (Fsp3) is 0.438. The molecule has 1 amide bonds. The van der Waals surface area contributed by atoms with E-state index in [1.165, 1.54) is 0 Å². The predicted octanol–water partition coefficient (Wildman–Crippen LogP) is 1.47. The first-order chi connectivity index (χ1) is 10.7. The van der Waals surface area contributed by atoms with Crippen LogP contribution in [-0.2, 0) is 4.79 Å². The van der Waals surface area contributed by atoms with E-state index in [1.54, 1.807) is 24.5 Å². The molecule has 6 heteroatoms. The molecule has 1 N–H and O–H groups in total. The minimum atomic E-state index is -0.119. The van der Waals surface area contributed by atoms with Gasteiger partial charge in [0.2, 0.25) is 0 Å². The maximum atomic E-state index is 11.8. The Morgan fingerprint density at radius 2 is 1.91 bits per heavy atom. The smallest absolute Gasteiger partial charge is 0.257 e. The molecule has 1 heterocycles. The maximum absolute atomic E-state index is 11.8. The molecule has 2 rings (SSSR count). The highest BCUT2D eigenvalue weighted by molar-refractivity contribution is 5.78. The summed E-state index contributed by atoms with van der Waals surface area (Å²) in [6.07, 6.45) is 3.28. The second kappa shape index (κ2) is 8.29. The molecule has 0 fully saturated rings. The Labute approximate surface area is 130 Å². The Morgan fingerprint density at radius 1 is 1.18 bits per heavy atom. The van der Waals surface area contributed by atoms with Crippen molar-refractivity contribution in [2.75, 3.05) is 32.8 Å². The Morgan fingerprint density at radius 3 is 2.64 bits per heavy atom. The SMILES string of the molecule is CCN(CC)CCNC(=O)COc1ccc2nccnc2c1. The second-order valence-electron chi connectivity index (χ2n) is 4.87. The van der Waals surface area contributed by atoms with Gasteiger partial charge in [-0.2, -0.15) is 0 Å². The van der Waals surface area contributed by atoms with Crippen LogP contribution in [-0.4, -0.2) is 53.6 Å². The standard InChI is InChI=1S/C16H22N4O2/c1-3-20(4-2)10-9-19-16(21)12-22-13-5-6-14-15(11-13)18-8-7-17-14/h5-8,11H,3-4,9-10,12H2,1-2H3,(H,19,21). The van der Waals surface area contributed by atoms with Crippen LogP contribution in [0.2, 0.25) is 0 Å². The van der Waals surface area contributed by atoms with Gasteiger partial charge in [-0.25, -0.2) is 0 Å². The van der Waals surface area contributed by atoms with Crippen LogP contribution in [0.3, 0.4) is 0 Å². The number of carbonyl (C=O) groups is 1. The van der Waals surface area contributed by atoms with Gasteiger partial charge in [0.25, 0.3) is 5.91 Å². The van der Waals surface area contributed by atoms with Gasteiger partial charge in [0.15, 0.2) is 6.61 Å². The Balaban J connectivity index is 1.77. The first-order valence-electron chi connectivity index (χ1n) is 7.55. The van der Waals surface area contributed by atoms with Crippen LogP contribution in [0.5, 0.6) is 5.75 Å². The highest BCUT2D eigenvalue weighted by Crippen LogP contribution is 2.16. The number of amides is 1. The van der Waals surface area contributed by atoms with Gasteiger partial charge in [-0.15, -0.1) is 0 Å². The van der Waals surface area contributed by atoms with Gasteiger partial charge in [0.1, 0.15) is 5.75 Å². The lowest BCUT2D eigenvalue weighted by Gasteiger charge is -2.17. The van der Waals surface area contributed by atoms with Crippen LogP contribution in [0.25, 0.3) is 11.0 Å². The van der Waals surface area contributed by atoms with Crippen molar-refractivity contribution >= 4 is 16.9 Å². The highest BCUT2D eigenvalue weighted by atomic mass is 16.5. The number of carbonyl (C=O) groups excluding carboxylic acids is 1. The Kier molecular flexibility index (Phi) is 6.09. The maximum Gasteiger partial charge on any atom is 0.257 e. The first kappa shape index (κ1) is 16.2. The van der Waals surface area contributed by atoms with Gasteiger partial charge in [0.05, 0.1) is 11.0 Å². The second-order valence-corrected chi connectivity index (χ2v) is 4.87. The third-order valence-corrected chi connectivity index (χ3v) is 3.46. The fourth-order valence-corrected chi connectivity index (χ4v) is 2.13. The normalized spacial score (nSPS) is 10.9. The number of benzene rings is 1. The van der Waals surface area contributed by atoms with Crippen molar-refractivity contribution in [3.05, 3.63) is 30.6 Å². The monoisotopic (exact) mass is 302 g/mol. The number of rotatable bonds is 8. The molecule has 0 aliphatic carbocycles. The molecule has 6 nitrogen and oxygen atoms in total. The van der Waals surface area contributed by atoms with E-state index in [0.29, 0.717) is 12.3 Å². The van der Waals surface area contributed by atoms with Crippen LogP contribution in [0.15, 0.2) is 30.6 Å². The summed E-state index contributed by atoms with van der Waals surface area (Å²) in [6, 6.07) is 5.40. The van der Waals surface area contributed by atoms with Gasteiger partial charge >= 0.3 is 0 Å². The zero-order chi connectivity index (χ0) is 15.8. The van der Waals surface area contributed by atoms with E-state index in [-0.39, 0.29) is 12.5 Å². The molecule has 0 atom stereocenters. The van der Waals surface area contributed by atoms with Crippen LogP contribution in [0.4, 0.5) is 0 Å². The molecule has 2 aromatic rings. The zero-order valence-electron chi connectivity index (χ0n) is 13.1. The van der Waals surface area contributed by atoms with E-state index in [2.05, 4.69) is 34.0 Å². The van der Waals surface area contributed by atoms with Gasteiger partial charge in [-0.3, -0.25) is 14.8 Å². The number of nitrogens with zero attached hydrogens (tertiary/aromatic N) is 3. The largest absolute Gasteiger partial charge is 0.484 e. The number of ether oxygens (including phenoxy) is 1. The van der Waals surface area contributed by atoms with Crippen molar-refractivity contribution in [1.29, 1.82) is 0 Å². The first-order valence-corrected chi connectivity index (χ1v) is 7.55. The molecular formula is C16H22N4O2. The molecule has 1 aromatic carbocycles. The summed E-state index contributed by atoms with van der Waals surface area (Å²) in [5, 5.41) is 2.86. The Bertz CT molecular complexity index is 614. The molecule has 0 aliphatic rings. The lowest BCUT2D eigenvalue weighted by Crippen LogP contribution is -2.36. The van der Waals surface area contributed by atoms with Crippen molar-refractivity contribution in [2.24, 2.45) is 0 Å². The minimum absolute atomic E-state index is 0.00399. The van der Waals surface area contributed by atoms with Crippen LogP contribution in [0, 0.1) is 0 Å². The van der Waals surface area contributed by atoms with Gasteiger partial charge in [0, 0.05) is 31.5 Å². The summed E-state index contributed by atoms with van der Waals surface area (Å²) in [5.41, 5.74) is 1.56. The molecule has 0 aliphatic heterocycles. The number of hydrogen-bond donors (Lipinski definition) is 1. The summed E-state index contributed by atoms with van der Waals surface area (Å²) < 4.78 is 5.49. The Hall–Kier alpha value is -2.21. The predicted molar refractivity (Wildman–Crippen MR) is 85.8 cm³/mol. The number of hydrogen-bond acceptors (Lipinski definition) is 5. The average Bonchev–Trinajstić information content (AvgIpc) is 2.56. The molecule has 22 heavy (non-hydrogen) atoms. The molecule has 0 bridgehead atoms. The lowest BCUT2D eigenvalue weighted by atomic mass is 10.3. The van der Waals surface area contributed by atoms with E-state index in [1.807, 2.05) is 6.07 Å². The van der Waals surface area contributed by atoms with Crippen LogP contribution < -0.4 is 10.1 Å². The summed E-state index contributed by atoms with van der Waals surface area (Å²) in [4.78, 5) is 22.4. The summed E-state index contributed by atoms with van der Waals surface area (Å²) in [6.45, 7) is 7.68. The van der Waals surface area contributed by atoms with Crippen LogP contribution >= 0.6 is 0 Å². The molecule has 1 aromatic heterocycles. The summed E-state index contributed by atoms with van der Waals surface area (Å²) in [7, 11) is 0. The molecule has 0 radical (unpaired) electrons. The van der Waals surface area contributed by atoms with E-state index in [4.69, 9.17) is 4.74 Å². The highest BCUT2D eigenvalue weighted by Gasteiger charge is 2.05. The third kappa shape index (κ3) is 4.66. The van der Waals surface area contributed by atoms with Gasteiger partial charge < -0.3 is 15.0 Å². The summed E-state index contributed by atoms with van der Waals surface area (Å²) >= 11 is 0. The molecule has 118 valence electrons. The van der Waals surface area contributed by atoms with E-state index >= 15 is 0 Å². The number of nitrogens with one attached hydrogen (secondary N) is 1. The number of likely N-dealkylation sites (N-methyl/N-ethyl adjacent to an activating group) is 1. The van der Waals surface area contributed by atoms with E-state index < -0.39 is 0 Å². The van der Waals surface area contributed by atoms with Crippen LogP contribution in [0.1, 0.15) is 13.8 Å². The average molecular weight is 302 g/mol. The lowest BCUT2D eigenvalue weighted by molar-refractivity contribution is -0.123. The third-order valence-electron chi connectivity index (χ3n) is 3.46.